The number of nitrogens with zero attached hydrogens (tertiary/aromatic N) is 5. The molecule has 1 amide bonds. The van der Waals surface area contributed by atoms with Crippen LogP contribution in [0.4, 0.5) is 20.2 Å². The number of para-hydroxylation sites is 1. The number of nitrogens with one attached hydrogen (secondary N) is 1. The number of hydrogen-bond donors (Lipinski definition) is 1. The van der Waals surface area contributed by atoms with Crippen molar-refractivity contribution in [1.82, 2.24) is 19.6 Å². The molecule has 1 atom stereocenters. The van der Waals surface area contributed by atoms with Crippen LogP contribution in [-0.2, 0) is 5.54 Å². The Bertz CT molecular complexity index is 1680. The van der Waals surface area contributed by atoms with Crippen molar-refractivity contribution < 1.29 is 13.6 Å². The largest absolute Gasteiger partial charge is 0.369 e. The highest BCUT2D eigenvalue weighted by Gasteiger charge is 2.47. The molecule has 0 spiro atoms. The maximum absolute atomic E-state index is 14.4. The Morgan fingerprint density at radius 3 is 2.45 bits per heavy atom. The van der Waals surface area contributed by atoms with E-state index in [1.807, 2.05) is 12.1 Å². The fourth-order valence-electron chi connectivity index (χ4n) is 6.96. The number of rotatable bonds is 5. The van der Waals surface area contributed by atoms with Crippen LogP contribution < -0.4 is 15.8 Å². The number of amides is 1. The summed E-state index contributed by atoms with van der Waals surface area (Å²) in [6.45, 7) is 3.93. The summed E-state index contributed by atoms with van der Waals surface area (Å²) < 4.78 is 31.6. The van der Waals surface area contributed by atoms with Crippen molar-refractivity contribution in [2.45, 2.75) is 51.0 Å². The van der Waals surface area contributed by atoms with Crippen LogP contribution in [0.15, 0.2) is 53.5 Å². The molecule has 0 unspecified atom stereocenters. The summed E-state index contributed by atoms with van der Waals surface area (Å²) in [7, 11) is 0. The molecule has 1 N–H and O–H groups in total. The molecule has 40 heavy (non-hydrogen) atoms. The molecular weight excluding hydrogens is 514 g/mol. The van der Waals surface area contributed by atoms with E-state index in [0.717, 1.165) is 73.1 Å². The van der Waals surface area contributed by atoms with Crippen LogP contribution in [0.2, 0.25) is 0 Å². The molecule has 7 rings (SSSR count). The van der Waals surface area contributed by atoms with Gasteiger partial charge in [-0.25, -0.2) is 8.78 Å². The topological polar surface area (TPSA) is 85.1 Å². The number of aromatic nitrogens is 4. The molecule has 4 aromatic rings. The van der Waals surface area contributed by atoms with Gasteiger partial charge in [0.05, 0.1) is 22.4 Å². The second-order valence-corrected chi connectivity index (χ2v) is 11.7. The Morgan fingerprint density at radius 2 is 1.77 bits per heavy atom. The van der Waals surface area contributed by atoms with E-state index in [4.69, 9.17) is 5.10 Å². The minimum Gasteiger partial charge on any atom is -0.369 e. The fourth-order valence-corrected chi connectivity index (χ4v) is 6.96. The average molecular weight is 545 g/mol. The number of hydrogen-bond acceptors (Lipinski definition) is 5. The first-order valence-corrected chi connectivity index (χ1v) is 14.0. The Kier molecular flexibility index (Phi) is 5.76. The third-order valence-corrected chi connectivity index (χ3v) is 9.02. The van der Waals surface area contributed by atoms with E-state index in [0.29, 0.717) is 16.3 Å². The van der Waals surface area contributed by atoms with Crippen LogP contribution in [0, 0.1) is 23.5 Å². The second kappa shape index (κ2) is 9.25. The first-order chi connectivity index (χ1) is 19.3. The van der Waals surface area contributed by atoms with Crippen LogP contribution >= 0.6 is 0 Å². The zero-order valence-corrected chi connectivity index (χ0v) is 22.2. The van der Waals surface area contributed by atoms with Crippen LogP contribution in [0.3, 0.4) is 0 Å². The van der Waals surface area contributed by atoms with Gasteiger partial charge in [-0.3, -0.25) is 14.3 Å². The molecule has 206 valence electrons. The lowest BCUT2D eigenvalue weighted by atomic mass is 9.94. The predicted octanol–water partition coefficient (Wildman–Crippen LogP) is 5.25. The van der Waals surface area contributed by atoms with Gasteiger partial charge < -0.3 is 10.2 Å². The predicted molar refractivity (Wildman–Crippen MR) is 148 cm³/mol. The molecule has 0 radical (unpaired) electrons. The number of benzene rings is 2. The third kappa shape index (κ3) is 4.00. The van der Waals surface area contributed by atoms with Crippen molar-refractivity contribution in [3.63, 3.8) is 0 Å². The second-order valence-electron chi connectivity index (χ2n) is 11.7. The van der Waals surface area contributed by atoms with Crippen molar-refractivity contribution >= 4 is 28.2 Å². The average Bonchev–Trinajstić information content (AvgIpc) is 3.73. The summed E-state index contributed by atoms with van der Waals surface area (Å²) in [5.41, 5.74) is 0.988. The smallest absolute Gasteiger partial charge is 0.276 e. The van der Waals surface area contributed by atoms with Crippen molar-refractivity contribution in [2.75, 3.05) is 23.3 Å². The molecule has 1 saturated heterocycles. The molecule has 8 nitrogen and oxygen atoms in total. The molecule has 3 aliphatic rings. The van der Waals surface area contributed by atoms with Gasteiger partial charge in [-0.2, -0.15) is 14.9 Å². The van der Waals surface area contributed by atoms with Gasteiger partial charge in [0.15, 0.2) is 11.6 Å². The molecule has 2 saturated carbocycles. The van der Waals surface area contributed by atoms with E-state index in [1.165, 1.54) is 31.4 Å². The third-order valence-electron chi connectivity index (χ3n) is 9.02. The molecular formula is C30H30F2N6O2. The number of anilines is 2. The van der Waals surface area contributed by atoms with E-state index in [9.17, 15) is 18.4 Å². The normalized spacial score (nSPS) is 23.8. The lowest BCUT2D eigenvalue weighted by Crippen LogP contribution is -2.28. The first kappa shape index (κ1) is 24.9. The van der Waals surface area contributed by atoms with Gasteiger partial charge in [-0.05, 0) is 80.7 Å². The van der Waals surface area contributed by atoms with Crippen LogP contribution in [0.1, 0.15) is 55.9 Å². The summed E-state index contributed by atoms with van der Waals surface area (Å²) >= 11 is 0. The maximum atomic E-state index is 14.4. The van der Waals surface area contributed by atoms with E-state index in [-0.39, 0.29) is 11.2 Å². The zero-order valence-electron chi connectivity index (χ0n) is 22.2. The highest BCUT2D eigenvalue weighted by Crippen LogP contribution is 2.53. The fraction of sp³-hybridized carbons (Fsp3) is 0.400. The molecule has 2 bridgehead atoms. The van der Waals surface area contributed by atoms with E-state index < -0.39 is 28.8 Å². The highest BCUT2D eigenvalue weighted by atomic mass is 19.1. The summed E-state index contributed by atoms with van der Waals surface area (Å²) in [6.07, 6.45) is 9.16. The van der Waals surface area contributed by atoms with Crippen molar-refractivity contribution in [3.05, 3.63) is 76.3 Å². The van der Waals surface area contributed by atoms with Crippen molar-refractivity contribution in [2.24, 2.45) is 11.8 Å². The van der Waals surface area contributed by atoms with Gasteiger partial charge in [0, 0.05) is 30.7 Å². The summed E-state index contributed by atoms with van der Waals surface area (Å²) in [5, 5.41) is 13.0. The minimum absolute atomic E-state index is 0.0856. The summed E-state index contributed by atoms with van der Waals surface area (Å²) in [5.74, 6) is -1.18. The van der Waals surface area contributed by atoms with Gasteiger partial charge in [-0.1, -0.05) is 13.0 Å². The van der Waals surface area contributed by atoms with Gasteiger partial charge in [0.2, 0.25) is 0 Å². The van der Waals surface area contributed by atoms with E-state index in [2.05, 4.69) is 33.1 Å². The van der Waals surface area contributed by atoms with Crippen molar-refractivity contribution in [3.8, 4) is 5.69 Å². The van der Waals surface area contributed by atoms with Gasteiger partial charge in [0.1, 0.15) is 11.4 Å². The molecule has 2 aromatic carbocycles. The summed E-state index contributed by atoms with van der Waals surface area (Å²) in [6, 6.07) is 9.39. The minimum atomic E-state index is -0.949. The number of fused-ring (bicyclic) bond motifs is 3. The molecule has 10 heteroatoms. The van der Waals surface area contributed by atoms with Gasteiger partial charge in [0.25, 0.3) is 11.5 Å². The lowest BCUT2D eigenvalue weighted by Gasteiger charge is -2.27. The van der Waals surface area contributed by atoms with Gasteiger partial charge in [-0.15, -0.1) is 0 Å². The number of carbonyl (C=O) groups is 1. The van der Waals surface area contributed by atoms with Crippen LogP contribution in [0.25, 0.3) is 16.6 Å². The SMILES string of the molecule is C[C@@H]1CCN(c2c(NC(=O)c3ccc(=O)n(-c4c(F)cccc4F)n3)ccc3nn(C45CCC(CC4)C5)cc23)C1. The molecule has 3 fully saturated rings. The van der Waals surface area contributed by atoms with E-state index >= 15 is 0 Å². The van der Waals surface area contributed by atoms with Crippen LogP contribution in [-0.4, -0.2) is 38.6 Å². The van der Waals surface area contributed by atoms with E-state index in [1.54, 1.807) is 0 Å². The molecule has 3 heterocycles. The maximum Gasteiger partial charge on any atom is 0.276 e. The lowest BCUT2D eigenvalue weighted by molar-refractivity contribution is 0.102. The Labute approximate surface area is 229 Å². The Morgan fingerprint density at radius 1 is 1.00 bits per heavy atom. The number of halogens is 2. The van der Waals surface area contributed by atoms with Crippen molar-refractivity contribution in [1.29, 1.82) is 0 Å². The monoisotopic (exact) mass is 544 g/mol. The highest BCUT2D eigenvalue weighted by molar-refractivity contribution is 6.08. The first-order valence-electron chi connectivity index (χ1n) is 14.0. The number of carbonyl (C=O) groups excluding carboxylic acids is 1. The Hall–Kier alpha value is -4.08. The Balaban J connectivity index is 1.28. The molecule has 2 aliphatic carbocycles. The zero-order chi connectivity index (χ0) is 27.6. The van der Waals surface area contributed by atoms with Crippen LogP contribution in [0.5, 0.6) is 0 Å². The summed E-state index contributed by atoms with van der Waals surface area (Å²) in [4.78, 5) is 28.2. The molecule has 1 aliphatic heterocycles. The van der Waals surface area contributed by atoms with Gasteiger partial charge >= 0.3 is 0 Å². The quantitative estimate of drug-likeness (QED) is 0.371. The standard InChI is InChI=1S/C30H30F2N6O2/c1-18-11-14-36(16-18)27-20-17-37(30-12-9-19(15-30)10-13-30)34-23(20)5-6-24(27)33-29(40)25-7-8-26(39)38(35-25)28-21(31)3-2-4-22(28)32/h2-8,17-19H,9-16H2,1H3,(H,33,40)/t18-,19?,30?/m1/s1. The molecule has 2 aromatic heterocycles.